The Morgan fingerprint density at radius 1 is 1.50 bits per heavy atom. The summed E-state index contributed by atoms with van der Waals surface area (Å²) < 4.78 is 0. The predicted molar refractivity (Wildman–Crippen MR) is 43.5 cm³/mol. The highest BCUT2D eigenvalue weighted by Crippen LogP contribution is 2.11. The molecule has 0 amide bonds. The van der Waals surface area contributed by atoms with E-state index in [-0.39, 0.29) is 0 Å². The third kappa shape index (κ3) is 1.11. The molecule has 0 aliphatic carbocycles. The zero-order valence-electron chi connectivity index (χ0n) is 5.89. The monoisotopic (exact) mass is 131 g/mol. The van der Waals surface area contributed by atoms with Crippen molar-refractivity contribution in [3.05, 3.63) is 29.3 Å². The first-order chi connectivity index (χ1) is 4.74. The first-order valence-corrected chi connectivity index (χ1v) is 3.07. The van der Waals surface area contributed by atoms with Crippen molar-refractivity contribution in [1.29, 1.82) is 0 Å². The lowest BCUT2D eigenvalue weighted by Crippen LogP contribution is -1.88. The Hall–Kier alpha value is -1.42. The largest absolute Gasteiger partial charge is 0.399 e. The molecule has 0 aliphatic rings. The fraction of sp³-hybridized carbons (Fsp3) is 0.111. The van der Waals surface area contributed by atoms with Crippen molar-refractivity contribution >= 4 is 5.69 Å². The molecule has 0 unspecified atom stereocenters. The van der Waals surface area contributed by atoms with Crippen LogP contribution in [0.3, 0.4) is 0 Å². The lowest BCUT2D eigenvalue weighted by molar-refractivity contribution is 1.45. The van der Waals surface area contributed by atoms with Gasteiger partial charge in [0.05, 0.1) is 0 Å². The zero-order chi connectivity index (χ0) is 7.56. The van der Waals surface area contributed by atoms with Crippen LogP contribution in [0.1, 0.15) is 11.1 Å². The molecule has 1 aromatic carbocycles. The summed E-state index contributed by atoms with van der Waals surface area (Å²) in [7, 11) is 0. The molecule has 50 valence electrons. The molecule has 0 fully saturated rings. The van der Waals surface area contributed by atoms with Gasteiger partial charge in [0.2, 0.25) is 0 Å². The topological polar surface area (TPSA) is 26.0 Å². The number of anilines is 1. The number of hydrogen-bond acceptors (Lipinski definition) is 1. The van der Waals surface area contributed by atoms with Crippen LogP contribution in [-0.4, -0.2) is 0 Å². The number of nitrogen functional groups attached to an aromatic ring is 1. The molecule has 1 nitrogen and oxygen atoms in total. The van der Waals surface area contributed by atoms with Gasteiger partial charge in [-0.15, -0.1) is 6.42 Å². The molecular weight excluding hydrogens is 122 g/mol. The number of benzene rings is 1. The van der Waals surface area contributed by atoms with Crippen molar-refractivity contribution < 1.29 is 0 Å². The van der Waals surface area contributed by atoms with Gasteiger partial charge >= 0.3 is 0 Å². The van der Waals surface area contributed by atoms with E-state index in [4.69, 9.17) is 12.2 Å². The summed E-state index contributed by atoms with van der Waals surface area (Å²) in [5.41, 5.74) is 8.28. The van der Waals surface area contributed by atoms with Crippen molar-refractivity contribution in [2.45, 2.75) is 6.92 Å². The number of rotatable bonds is 0. The van der Waals surface area contributed by atoms with Crippen LogP contribution in [0.2, 0.25) is 0 Å². The first-order valence-electron chi connectivity index (χ1n) is 3.07. The van der Waals surface area contributed by atoms with Gasteiger partial charge in [-0.3, -0.25) is 0 Å². The summed E-state index contributed by atoms with van der Waals surface area (Å²) in [4.78, 5) is 0. The molecule has 10 heavy (non-hydrogen) atoms. The number of nitrogens with two attached hydrogens (primary N) is 1. The molecule has 0 saturated heterocycles. The summed E-state index contributed by atoms with van der Waals surface area (Å²) in [5, 5.41) is 0. The quantitative estimate of drug-likeness (QED) is 0.419. The highest BCUT2D eigenvalue weighted by atomic mass is 14.5. The van der Waals surface area contributed by atoms with Crippen molar-refractivity contribution in [2.24, 2.45) is 0 Å². The van der Waals surface area contributed by atoms with E-state index in [0.717, 1.165) is 16.8 Å². The Morgan fingerprint density at radius 2 is 2.20 bits per heavy atom. The maximum absolute atomic E-state index is 5.57. The van der Waals surface area contributed by atoms with Crippen molar-refractivity contribution in [1.82, 2.24) is 0 Å². The minimum Gasteiger partial charge on any atom is -0.399 e. The first kappa shape index (κ1) is 6.70. The fourth-order valence-corrected chi connectivity index (χ4v) is 0.765. The van der Waals surface area contributed by atoms with E-state index < -0.39 is 0 Å². The van der Waals surface area contributed by atoms with E-state index in [1.165, 1.54) is 0 Å². The van der Waals surface area contributed by atoms with E-state index in [1.54, 1.807) is 0 Å². The number of terminal acetylenes is 1. The van der Waals surface area contributed by atoms with Crippen LogP contribution in [0.25, 0.3) is 0 Å². The van der Waals surface area contributed by atoms with Crippen LogP contribution in [0.5, 0.6) is 0 Å². The van der Waals surface area contributed by atoms with Gasteiger partial charge in [0.1, 0.15) is 0 Å². The van der Waals surface area contributed by atoms with Gasteiger partial charge in [-0.2, -0.15) is 0 Å². The third-order valence-electron chi connectivity index (χ3n) is 1.44. The van der Waals surface area contributed by atoms with Gasteiger partial charge in [0, 0.05) is 11.3 Å². The van der Waals surface area contributed by atoms with Crippen molar-refractivity contribution in [3.63, 3.8) is 0 Å². The maximum Gasteiger partial charge on any atom is 0.0344 e. The summed E-state index contributed by atoms with van der Waals surface area (Å²) in [6, 6.07) is 5.56. The summed E-state index contributed by atoms with van der Waals surface area (Å²) >= 11 is 0. The zero-order valence-corrected chi connectivity index (χ0v) is 5.89. The Kier molecular flexibility index (Phi) is 1.64. The highest BCUT2D eigenvalue weighted by Gasteiger charge is 1.91. The minimum atomic E-state index is 0.791. The second-order valence-corrected chi connectivity index (χ2v) is 2.22. The van der Waals surface area contributed by atoms with Crippen molar-refractivity contribution in [2.75, 3.05) is 5.73 Å². The molecule has 2 N–H and O–H groups in total. The molecule has 0 radical (unpaired) electrons. The van der Waals surface area contributed by atoms with Crippen LogP contribution in [-0.2, 0) is 0 Å². The van der Waals surface area contributed by atoms with E-state index in [9.17, 15) is 0 Å². The number of aryl methyl sites for hydroxylation is 1. The normalized spacial score (nSPS) is 8.80. The third-order valence-corrected chi connectivity index (χ3v) is 1.44. The van der Waals surface area contributed by atoms with Gasteiger partial charge in [0.25, 0.3) is 0 Å². The molecule has 1 rings (SSSR count). The van der Waals surface area contributed by atoms with E-state index in [1.807, 2.05) is 25.1 Å². The Morgan fingerprint density at radius 3 is 2.70 bits per heavy atom. The molecule has 0 bridgehead atoms. The molecule has 0 spiro atoms. The Bertz CT molecular complexity index is 281. The minimum absolute atomic E-state index is 0.791. The second kappa shape index (κ2) is 2.45. The van der Waals surface area contributed by atoms with Gasteiger partial charge in [0.15, 0.2) is 0 Å². The van der Waals surface area contributed by atoms with Gasteiger partial charge in [-0.05, 0) is 30.7 Å². The molecule has 0 heterocycles. The molecular formula is C9H9N. The average Bonchev–Trinajstić information content (AvgIpc) is 1.95. The SMILES string of the molecule is C#Cc1ccc(N)c(C)c1. The molecule has 1 aromatic rings. The lowest BCUT2D eigenvalue weighted by Gasteiger charge is -1.97. The molecule has 0 aliphatic heterocycles. The number of hydrogen-bond donors (Lipinski definition) is 1. The lowest BCUT2D eigenvalue weighted by atomic mass is 10.1. The second-order valence-electron chi connectivity index (χ2n) is 2.22. The fourth-order valence-electron chi connectivity index (χ4n) is 0.765. The Balaban J connectivity index is 3.20. The average molecular weight is 131 g/mol. The van der Waals surface area contributed by atoms with Crippen LogP contribution in [0, 0.1) is 19.3 Å². The van der Waals surface area contributed by atoms with Crippen LogP contribution < -0.4 is 5.73 Å². The maximum atomic E-state index is 5.57. The molecule has 0 atom stereocenters. The van der Waals surface area contributed by atoms with Gasteiger partial charge in [-0.25, -0.2) is 0 Å². The summed E-state index contributed by atoms with van der Waals surface area (Å²) in [6.45, 7) is 1.94. The van der Waals surface area contributed by atoms with Crippen molar-refractivity contribution in [3.8, 4) is 12.3 Å². The van der Waals surface area contributed by atoms with E-state index >= 15 is 0 Å². The van der Waals surface area contributed by atoms with Gasteiger partial charge < -0.3 is 5.73 Å². The molecule has 0 saturated carbocycles. The van der Waals surface area contributed by atoms with Crippen LogP contribution >= 0.6 is 0 Å². The standard InChI is InChI=1S/C9H9N/c1-3-8-4-5-9(10)7(2)6-8/h1,4-6H,10H2,2H3. The summed E-state index contributed by atoms with van der Waals surface area (Å²) in [6.07, 6.45) is 5.18. The summed E-state index contributed by atoms with van der Waals surface area (Å²) in [5.74, 6) is 2.54. The Labute approximate surface area is 60.9 Å². The van der Waals surface area contributed by atoms with E-state index in [0.29, 0.717) is 0 Å². The molecule has 0 aromatic heterocycles. The van der Waals surface area contributed by atoms with E-state index in [2.05, 4.69) is 5.92 Å². The predicted octanol–water partition coefficient (Wildman–Crippen LogP) is 1.56. The highest BCUT2D eigenvalue weighted by molar-refractivity contribution is 5.50. The van der Waals surface area contributed by atoms with Crippen LogP contribution in [0.4, 0.5) is 5.69 Å². The molecule has 1 heteroatoms. The van der Waals surface area contributed by atoms with Crippen LogP contribution in [0.15, 0.2) is 18.2 Å². The smallest absolute Gasteiger partial charge is 0.0344 e. The van der Waals surface area contributed by atoms with Gasteiger partial charge in [-0.1, -0.05) is 5.92 Å².